The van der Waals surface area contributed by atoms with E-state index in [-0.39, 0.29) is 5.54 Å². The molecule has 1 saturated carbocycles. The molecule has 1 N–H and O–H groups in total. The van der Waals surface area contributed by atoms with E-state index in [2.05, 4.69) is 44.8 Å². The van der Waals surface area contributed by atoms with E-state index in [9.17, 15) is 0 Å². The predicted molar refractivity (Wildman–Crippen MR) is 88.0 cm³/mol. The summed E-state index contributed by atoms with van der Waals surface area (Å²) in [7, 11) is 0. The van der Waals surface area contributed by atoms with Crippen LogP contribution in [0.4, 0.5) is 0 Å². The smallest absolute Gasteiger partial charge is 0.0105 e. The molecule has 0 aromatic heterocycles. The molecule has 0 aromatic rings. The minimum absolute atomic E-state index is 0.240. The van der Waals surface area contributed by atoms with E-state index in [4.69, 9.17) is 0 Å². The van der Waals surface area contributed by atoms with Crippen molar-refractivity contribution in [1.82, 2.24) is 10.2 Å². The van der Waals surface area contributed by atoms with Gasteiger partial charge in [0.2, 0.25) is 0 Å². The van der Waals surface area contributed by atoms with Crippen molar-refractivity contribution < 1.29 is 0 Å². The first kappa shape index (κ1) is 16.3. The fourth-order valence-corrected chi connectivity index (χ4v) is 4.00. The lowest BCUT2D eigenvalue weighted by Crippen LogP contribution is -2.50. The molecule has 1 aliphatic carbocycles. The van der Waals surface area contributed by atoms with Crippen LogP contribution in [0.3, 0.4) is 0 Å². The molecule has 2 fully saturated rings. The molecule has 118 valence electrons. The first-order valence-electron chi connectivity index (χ1n) is 8.86. The molecule has 1 saturated heterocycles. The van der Waals surface area contributed by atoms with Crippen molar-refractivity contribution in [2.75, 3.05) is 19.6 Å². The van der Waals surface area contributed by atoms with Gasteiger partial charge in [-0.25, -0.2) is 0 Å². The SMILES string of the molecule is CC(CNC(C)(C)C)C(C)N1CCC2CCCCC2C1. The summed E-state index contributed by atoms with van der Waals surface area (Å²) in [6.07, 6.45) is 7.41. The lowest BCUT2D eigenvalue weighted by atomic mass is 9.74. The highest BCUT2D eigenvalue weighted by atomic mass is 15.2. The Kier molecular flexibility index (Phi) is 5.53. The zero-order valence-corrected chi connectivity index (χ0v) is 14.4. The molecule has 0 bridgehead atoms. The van der Waals surface area contributed by atoms with E-state index in [1.54, 1.807) is 0 Å². The number of nitrogens with zero attached hydrogens (tertiary/aromatic N) is 1. The van der Waals surface area contributed by atoms with Crippen LogP contribution in [0.1, 0.15) is 66.7 Å². The fourth-order valence-electron chi connectivity index (χ4n) is 4.00. The minimum Gasteiger partial charge on any atom is -0.312 e. The van der Waals surface area contributed by atoms with Gasteiger partial charge in [-0.2, -0.15) is 0 Å². The van der Waals surface area contributed by atoms with E-state index < -0.39 is 0 Å². The number of piperidine rings is 1. The number of hydrogen-bond donors (Lipinski definition) is 1. The zero-order chi connectivity index (χ0) is 14.8. The van der Waals surface area contributed by atoms with Crippen molar-refractivity contribution in [3.8, 4) is 0 Å². The summed E-state index contributed by atoms with van der Waals surface area (Å²) in [6.45, 7) is 15.5. The van der Waals surface area contributed by atoms with Crippen LogP contribution in [0.25, 0.3) is 0 Å². The van der Waals surface area contributed by atoms with E-state index in [0.29, 0.717) is 6.04 Å². The Labute approximate surface area is 126 Å². The Balaban J connectivity index is 1.81. The van der Waals surface area contributed by atoms with E-state index in [1.165, 1.54) is 45.2 Å². The topological polar surface area (TPSA) is 15.3 Å². The highest BCUT2D eigenvalue weighted by molar-refractivity contribution is 4.87. The van der Waals surface area contributed by atoms with Crippen LogP contribution in [0.5, 0.6) is 0 Å². The Bertz CT molecular complexity index is 294. The molecular formula is C18H36N2. The van der Waals surface area contributed by atoms with Gasteiger partial charge in [-0.05, 0) is 71.4 Å². The number of likely N-dealkylation sites (tertiary alicyclic amines) is 1. The van der Waals surface area contributed by atoms with Crippen molar-refractivity contribution in [3.63, 3.8) is 0 Å². The molecule has 0 amide bonds. The third-order valence-electron chi connectivity index (χ3n) is 5.68. The van der Waals surface area contributed by atoms with Crippen LogP contribution >= 0.6 is 0 Å². The summed E-state index contributed by atoms with van der Waals surface area (Å²) in [6, 6.07) is 0.715. The van der Waals surface area contributed by atoms with Crippen LogP contribution in [0.2, 0.25) is 0 Å². The molecule has 1 aliphatic heterocycles. The van der Waals surface area contributed by atoms with Crippen molar-refractivity contribution in [2.45, 2.75) is 78.3 Å². The zero-order valence-electron chi connectivity index (χ0n) is 14.4. The molecule has 4 unspecified atom stereocenters. The maximum absolute atomic E-state index is 3.67. The fraction of sp³-hybridized carbons (Fsp3) is 1.00. The number of fused-ring (bicyclic) bond motifs is 1. The highest BCUT2D eigenvalue weighted by Gasteiger charge is 2.33. The molecule has 2 aliphatic rings. The maximum atomic E-state index is 3.67. The van der Waals surface area contributed by atoms with Gasteiger partial charge in [0.1, 0.15) is 0 Å². The number of nitrogens with one attached hydrogen (secondary N) is 1. The summed E-state index contributed by atoms with van der Waals surface area (Å²) >= 11 is 0. The van der Waals surface area contributed by atoms with Crippen molar-refractivity contribution in [1.29, 1.82) is 0 Å². The number of rotatable bonds is 4. The van der Waals surface area contributed by atoms with Crippen LogP contribution in [-0.4, -0.2) is 36.1 Å². The van der Waals surface area contributed by atoms with E-state index in [0.717, 1.165) is 24.3 Å². The van der Waals surface area contributed by atoms with Gasteiger partial charge in [0.25, 0.3) is 0 Å². The predicted octanol–water partition coefficient (Wildman–Crippen LogP) is 3.91. The minimum atomic E-state index is 0.240. The average Bonchev–Trinajstić information content (AvgIpc) is 2.42. The van der Waals surface area contributed by atoms with E-state index >= 15 is 0 Å². The van der Waals surface area contributed by atoms with Crippen LogP contribution < -0.4 is 5.32 Å². The van der Waals surface area contributed by atoms with Gasteiger partial charge in [-0.15, -0.1) is 0 Å². The molecule has 4 atom stereocenters. The van der Waals surface area contributed by atoms with Crippen molar-refractivity contribution >= 4 is 0 Å². The molecule has 0 aromatic carbocycles. The average molecular weight is 280 g/mol. The van der Waals surface area contributed by atoms with Gasteiger partial charge in [-0.3, -0.25) is 0 Å². The summed E-state index contributed by atoms with van der Waals surface area (Å²) in [5.74, 6) is 2.78. The largest absolute Gasteiger partial charge is 0.312 e. The van der Waals surface area contributed by atoms with Crippen molar-refractivity contribution in [3.05, 3.63) is 0 Å². The first-order chi connectivity index (χ1) is 9.37. The number of hydrogen-bond acceptors (Lipinski definition) is 2. The van der Waals surface area contributed by atoms with Gasteiger partial charge >= 0.3 is 0 Å². The summed E-state index contributed by atoms with van der Waals surface area (Å²) in [4.78, 5) is 2.78. The molecule has 1 heterocycles. The Morgan fingerprint density at radius 1 is 1.05 bits per heavy atom. The molecule has 2 heteroatoms. The quantitative estimate of drug-likeness (QED) is 0.840. The van der Waals surface area contributed by atoms with Gasteiger partial charge in [0, 0.05) is 18.1 Å². The second-order valence-corrected chi connectivity index (χ2v) is 8.44. The van der Waals surface area contributed by atoms with Gasteiger partial charge in [-0.1, -0.05) is 26.2 Å². The second kappa shape index (κ2) is 6.79. The van der Waals surface area contributed by atoms with Crippen molar-refractivity contribution in [2.24, 2.45) is 17.8 Å². The second-order valence-electron chi connectivity index (χ2n) is 8.44. The molecular weight excluding hydrogens is 244 g/mol. The molecule has 0 spiro atoms. The first-order valence-corrected chi connectivity index (χ1v) is 8.86. The third-order valence-corrected chi connectivity index (χ3v) is 5.68. The van der Waals surface area contributed by atoms with Crippen LogP contribution in [0.15, 0.2) is 0 Å². The summed E-state index contributed by atoms with van der Waals surface area (Å²) < 4.78 is 0. The van der Waals surface area contributed by atoms with Gasteiger partial charge in [0.15, 0.2) is 0 Å². The van der Waals surface area contributed by atoms with E-state index in [1.807, 2.05) is 0 Å². The standard InChI is InChI=1S/C18H36N2/c1-14(12-19-18(3,4)5)15(2)20-11-10-16-8-6-7-9-17(16)13-20/h14-17,19H,6-13H2,1-5H3. The van der Waals surface area contributed by atoms with Gasteiger partial charge < -0.3 is 10.2 Å². The Morgan fingerprint density at radius 2 is 1.70 bits per heavy atom. The highest BCUT2D eigenvalue weighted by Crippen LogP contribution is 2.37. The molecule has 20 heavy (non-hydrogen) atoms. The maximum Gasteiger partial charge on any atom is 0.0105 e. The summed E-state index contributed by atoms with van der Waals surface area (Å²) in [5, 5.41) is 3.67. The normalized spacial score (nSPS) is 31.6. The Morgan fingerprint density at radius 3 is 2.35 bits per heavy atom. The molecule has 2 rings (SSSR count). The monoisotopic (exact) mass is 280 g/mol. The lowest BCUT2D eigenvalue weighted by Gasteiger charge is -2.45. The molecule has 0 radical (unpaired) electrons. The summed E-state index contributed by atoms with van der Waals surface area (Å²) in [5.41, 5.74) is 0.240. The van der Waals surface area contributed by atoms with Crippen LogP contribution in [0, 0.1) is 17.8 Å². The third kappa shape index (κ3) is 4.46. The van der Waals surface area contributed by atoms with Crippen LogP contribution in [-0.2, 0) is 0 Å². The van der Waals surface area contributed by atoms with Gasteiger partial charge in [0.05, 0.1) is 0 Å². The lowest BCUT2D eigenvalue weighted by molar-refractivity contribution is 0.0443. The Hall–Kier alpha value is -0.0800. The molecule has 2 nitrogen and oxygen atoms in total.